The van der Waals surface area contributed by atoms with Crippen molar-refractivity contribution in [1.82, 2.24) is 10.6 Å². The molecule has 6 nitrogen and oxygen atoms in total. The molecule has 1 atom stereocenters. The summed E-state index contributed by atoms with van der Waals surface area (Å²) < 4.78 is 11.8. The molecule has 0 aliphatic rings. The zero-order chi connectivity index (χ0) is 20.4. The van der Waals surface area contributed by atoms with Gasteiger partial charge in [0.1, 0.15) is 6.10 Å². The molecule has 1 aromatic carbocycles. The largest absolute Gasteiger partial charge is 0.493 e. The summed E-state index contributed by atoms with van der Waals surface area (Å²) >= 11 is 7.30. The van der Waals surface area contributed by atoms with Crippen LogP contribution in [0.25, 0.3) is 0 Å². The van der Waals surface area contributed by atoms with Crippen LogP contribution in [-0.2, 0) is 6.54 Å². The van der Waals surface area contributed by atoms with Crippen molar-refractivity contribution in [3.63, 3.8) is 0 Å². The van der Waals surface area contributed by atoms with Crippen molar-refractivity contribution in [3.8, 4) is 11.5 Å². The third-order valence-electron chi connectivity index (χ3n) is 3.84. The number of methoxy groups -OCH3 is 1. The van der Waals surface area contributed by atoms with Crippen LogP contribution in [0.5, 0.6) is 11.5 Å². The number of benzene rings is 1. The van der Waals surface area contributed by atoms with E-state index in [0.717, 1.165) is 29.2 Å². The van der Waals surface area contributed by atoms with Gasteiger partial charge in [-0.3, -0.25) is 0 Å². The zero-order valence-electron chi connectivity index (χ0n) is 16.5. The molecule has 1 heterocycles. The summed E-state index contributed by atoms with van der Waals surface area (Å²) in [6, 6.07) is 9.43. The minimum Gasteiger partial charge on any atom is -0.493 e. The fraction of sp³-hybridized carbons (Fsp3) is 0.450. The number of aliphatic imine (C=N–C) groups is 1. The molecule has 1 aromatic heterocycles. The van der Waals surface area contributed by atoms with Crippen LogP contribution in [0, 0.1) is 0 Å². The molecule has 0 aliphatic heterocycles. The topological polar surface area (TPSA) is 75.1 Å². The van der Waals surface area contributed by atoms with Crippen LogP contribution in [0.2, 0.25) is 4.34 Å². The van der Waals surface area contributed by atoms with E-state index in [2.05, 4.69) is 22.5 Å². The van der Waals surface area contributed by atoms with E-state index in [0.29, 0.717) is 35.7 Å². The molecule has 0 radical (unpaired) electrons. The summed E-state index contributed by atoms with van der Waals surface area (Å²) in [5.41, 5.74) is 1.00. The van der Waals surface area contributed by atoms with E-state index in [1.165, 1.54) is 11.3 Å². The first-order valence-corrected chi connectivity index (χ1v) is 10.5. The predicted molar refractivity (Wildman–Crippen MR) is 116 cm³/mol. The first-order chi connectivity index (χ1) is 13.6. The number of hydrogen-bond donors (Lipinski definition) is 3. The molecular formula is C20H28ClN3O3S. The Hall–Kier alpha value is -1.96. The molecule has 28 heavy (non-hydrogen) atoms. The van der Waals surface area contributed by atoms with Crippen LogP contribution in [0.15, 0.2) is 35.3 Å². The van der Waals surface area contributed by atoms with Gasteiger partial charge in [-0.15, -0.1) is 11.3 Å². The van der Waals surface area contributed by atoms with Gasteiger partial charge in [0.05, 0.1) is 24.6 Å². The summed E-state index contributed by atoms with van der Waals surface area (Å²) in [7, 11) is 1.63. The second-order valence-corrected chi connectivity index (χ2v) is 7.81. The highest BCUT2D eigenvalue weighted by Crippen LogP contribution is 2.28. The van der Waals surface area contributed by atoms with Crippen LogP contribution in [0.3, 0.4) is 0 Å². The summed E-state index contributed by atoms with van der Waals surface area (Å²) in [5.74, 6) is 2.07. The Morgan fingerprint density at radius 1 is 1.21 bits per heavy atom. The van der Waals surface area contributed by atoms with Crippen molar-refractivity contribution < 1.29 is 14.6 Å². The van der Waals surface area contributed by atoms with E-state index >= 15 is 0 Å². The third kappa shape index (κ3) is 6.89. The molecular weight excluding hydrogens is 398 g/mol. The van der Waals surface area contributed by atoms with E-state index in [-0.39, 0.29) is 0 Å². The lowest BCUT2D eigenvalue weighted by Gasteiger charge is -2.15. The number of rotatable bonds is 10. The monoisotopic (exact) mass is 425 g/mol. The predicted octanol–water partition coefficient (Wildman–Crippen LogP) is 3.99. The van der Waals surface area contributed by atoms with Gasteiger partial charge in [-0.1, -0.05) is 24.6 Å². The van der Waals surface area contributed by atoms with Crippen LogP contribution < -0.4 is 20.1 Å². The van der Waals surface area contributed by atoms with Crippen molar-refractivity contribution in [3.05, 3.63) is 45.1 Å². The van der Waals surface area contributed by atoms with Gasteiger partial charge in [-0.25, -0.2) is 4.99 Å². The van der Waals surface area contributed by atoms with Gasteiger partial charge in [-0.05, 0) is 43.2 Å². The number of hydrogen-bond acceptors (Lipinski definition) is 5. The minimum atomic E-state index is -0.642. The number of aliphatic hydroxyl groups is 1. The van der Waals surface area contributed by atoms with Gasteiger partial charge in [0, 0.05) is 18.0 Å². The van der Waals surface area contributed by atoms with Crippen molar-refractivity contribution in [2.45, 2.75) is 32.9 Å². The lowest BCUT2D eigenvalue weighted by Crippen LogP contribution is -2.39. The molecule has 3 N–H and O–H groups in total. The maximum atomic E-state index is 10.3. The standard InChI is InChI=1S/C20H28ClN3O3S/c1-4-10-27-16-7-6-14(11-17(16)26-3)12-23-20(22-5-2)24-13-15(25)18-8-9-19(21)28-18/h6-9,11,15,25H,4-5,10,12-13H2,1-3H3,(H2,22,23,24). The third-order valence-corrected chi connectivity index (χ3v) is 5.17. The first-order valence-electron chi connectivity index (χ1n) is 9.32. The second-order valence-electron chi connectivity index (χ2n) is 6.07. The number of nitrogens with zero attached hydrogens (tertiary/aromatic N) is 1. The molecule has 0 saturated heterocycles. The summed E-state index contributed by atoms with van der Waals surface area (Å²) in [4.78, 5) is 5.41. The van der Waals surface area contributed by atoms with Crippen LogP contribution in [-0.4, -0.2) is 37.9 Å². The van der Waals surface area contributed by atoms with E-state index in [1.807, 2.05) is 31.2 Å². The zero-order valence-corrected chi connectivity index (χ0v) is 18.1. The average molecular weight is 426 g/mol. The number of ether oxygens (including phenoxy) is 2. The SMILES string of the molecule is CCCOc1ccc(CN=C(NCC)NCC(O)c2ccc(Cl)s2)cc1OC. The Balaban J connectivity index is 1.99. The van der Waals surface area contributed by atoms with Gasteiger partial charge in [0.15, 0.2) is 17.5 Å². The van der Waals surface area contributed by atoms with Crippen molar-refractivity contribution in [1.29, 1.82) is 0 Å². The number of guanidine groups is 1. The molecule has 0 amide bonds. The van der Waals surface area contributed by atoms with E-state index in [4.69, 9.17) is 21.1 Å². The van der Waals surface area contributed by atoms with Gasteiger partial charge < -0.3 is 25.2 Å². The lowest BCUT2D eigenvalue weighted by molar-refractivity contribution is 0.184. The quantitative estimate of drug-likeness (QED) is 0.396. The Kier molecular flexibility index (Phi) is 9.40. The number of aliphatic hydroxyl groups excluding tert-OH is 1. The van der Waals surface area contributed by atoms with Crippen LogP contribution in [0.1, 0.15) is 36.8 Å². The molecule has 154 valence electrons. The van der Waals surface area contributed by atoms with Crippen molar-refractivity contribution in [2.75, 3.05) is 26.8 Å². The van der Waals surface area contributed by atoms with Crippen LogP contribution >= 0.6 is 22.9 Å². The maximum Gasteiger partial charge on any atom is 0.191 e. The first kappa shape index (κ1) is 22.3. The lowest BCUT2D eigenvalue weighted by atomic mass is 10.2. The maximum absolute atomic E-state index is 10.3. The Morgan fingerprint density at radius 3 is 2.68 bits per heavy atom. The number of halogens is 1. The summed E-state index contributed by atoms with van der Waals surface area (Å²) in [5, 5.41) is 16.6. The number of nitrogens with one attached hydrogen (secondary N) is 2. The average Bonchev–Trinajstić information content (AvgIpc) is 3.14. The van der Waals surface area contributed by atoms with Gasteiger partial charge in [0.25, 0.3) is 0 Å². The molecule has 1 unspecified atom stereocenters. The summed E-state index contributed by atoms with van der Waals surface area (Å²) in [6.07, 6.45) is 0.299. The highest BCUT2D eigenvalue weighted by Gasteiger charge is 2.11. The van der Waals surface area contributed by atoms with E-state index < -0.39 is 6.10 Å². The Labute approximate surface area is 175 Å². The van der Waals surface area contributed by atoms with Gasteiger partial charge in [0.2, 0.25) is 0 Å². The highest BCUT2D eigenvalue weighted by molar-refractivity contribution is 7.16. The Bertz CT molecular complexity index is 767. The molecule has 2 aromatic rings. The molecule has 0 saturated carbocycles. The van der Waals surface area contributed by atoms with Crippen molar-refractivity contribution >= 4 is 28.9 Å². The number of thiophene rings is 1. The molecule has 0 spiro atoms. The van der Waals surface area contributed by atoms with Crippen LogP contribution in [0.4, 0.5) is 0 Å². The molecule has 0 fully saturated rings. The minimum absolute atomic E-state index is 0.343. The molecule has 8 heteroatoms. The Morgan fingerprint density at radius 2 is 2.04 bits per heavy atom. The highest BCUT2D eigenvalue weighted by atomic mass is 35.5. The molecule has 0 bridgehead atoms. The normalized spacial score (nSPS) is 12.5. The summed E-state index contributed by atoms with van der Waals surface area (Å²) in [6.45, 7) is 6.25. The van der Waals surface area contributed by atoms with E-state index in [9.17, 15) is 5.11 Å². The van der Waals surface area contributed by atoms with Gasteiger partial charge in [-0.2, -0.15) is 0 Å². The van der Waals surface area contributed by atoms with E-state index in [1.54, 1.807) is 13.2 Å². The molecule has 2 rings (SSSR count). The fourth-order valence-electron chi connectivity index (χ4n) is 2.46. The smallest absolute Gasteiger partial charge is 0.191 e. The second kappa shape index (κ2) is 11.8. The van der Waals surface area contributed by atoms with Crippen molar-refractivity contribution in [2.24, 2.45) is 4.99 Å². The fourth-order valence-corrected chi connectivity index (χ4v) is 3.50. The molecule has 0 aliphatic carbocycles. The van der Waals surface area contributed by atoms with Gasteiger partial charge >= 0.3 is 0 Å².